The summed E-state index contributed by atoms with van der Waals surface area (Å²) in [5, 5.41) is 9.55. The van der Waals surface area contributed by atoms with E-state index in [1.165, 1.54) is 11.4 Å². The smallest absolute Gasteiger partial charge is 0.247 e. The van der Waals surface area contributed by atoms with Crippen molar-refractivity contribution in [1.29, 1.82) is 0 Å². The Balaban J connectivity index is 0.00000220. The second-order valence-corrected chi connectivity index (χ2v) is 6.96. The van der Waals surface area contributed by atoms with Gasteiger partial charge in [-0.25, -0.2) is 13.6 Å². The molecule has 0 saturated heterocycles. The standard InChI is InChI=1S/C13H14N2O3S2.ClH/c1-15-7-9-2-4-10(5-3-9)13(16)11-6-12(19-8-11)20(14,17)18;/h2-6,8,15H,7H2,1H3,(H2,14,17,18);1H. The van der Waals surface area contributed by atoms with Gasteiger partial charge in [0.1, 0.15) is 4.21 Å². The molecular weight excluding hydrogens is 332 g/mol. The molecule has 21 heavy (non-hydrogen) atoms. The zero-order valence-electron chi connectivity index (χ0n) is 11.2. The Hall–Kier alpha value is -1.25. The highest BCUT2D eigenvalue weighted by Gasteiger charge is 2.16. The van der Waals surface area contributed by atoms with Gasteiger partial charge in [0.25, 0.3) is 0 Å². The lowest BCUT2D eigenvalue weighted by molar-refractivity contribution is 0.103. The molecule has 0 aliphatic heterocycles. The number of carbonyl (C=O) groups is 1. The van der Waals surface area contributed by atoms with Crippen LogP contribution in [0.5, 0.6) is 0 Å². The van der Waals surface area contributed by atoms with Gasteiger partial charge in [-0.15, -0.1) is 23.7 Å². The molecule has 1 aromatic heterocycles. The van der Waals surface area contributed by atoms with Crippen molar-refractivity contribution in [2.24, 2.45) is 5.14 Å². The minimum atomic E-state index is -3.75. The topological polar surface area (TPSA) is 89.3 Å². The summed E-state index contributed by atoms with van der Waals surface area (Å²) in [6.07, 6.45) is 0. The van der Waals surface area contributed by atoms with E-state index in [-0.39, 0.29) is 22.4 Å². The minimum absolute atomic E-state index is 0. The fourth-order valence-electron chi connectivity index (χ4n) is 1.73. The van der Waals surface area contributed by atoms with Crippen LogP contribution in [-0.2, 0) is 16.6 Å². The van der Waals surface area contributed by atoms with Gasteiger partial charge in [0.2, 0.25) is 10.0 Å². The van der Waals surface area contributed by atoms with Gasteiger partial charge in [-0.05, 0) is 18.7 Å². The number of thiophene rings is 1. The largest absolute Gasteiger partial charge is 0.316 e. The molecule has 0 radical (unpaired) electrons. The quantitative estimate of drug-likeness (QED) is 0.807. The van der Waals surface area contributed by atoms with Crippen LogP contribution in [0.15, 0.2) is 39.9 Å². The summed E-state index contributed by atoms with van der Waals surface area (Å²) in [4.78, 5) is 12.2. The molecule has 0 saturated carbocycles. The van der Waals surface area contributed by atoms with Crippen LogP contribution in [0.25, 0.3) is 0 Å². The summed E-state index contributed by atoms with van der Waals surface area (Å²) in [5.74, 6) is -0.216. The third kappa shape index (κ3) is 4.36. The average molecular weight is 347 g/mol. The SMILES string of the molecule is CNCc1ccc(C(=O)c2csc(S(N)(=O)=O)c2)cc1.Cl. The number of hydrogen-bond acceptors (Lipinski definition) is 5. The third-order valence-corrected chi connectivity index (χ3v) is 5.10. The Morgan fingerprint density at radius 3 is 2.33 bits per heavy atom. The monoisotopic (exact) mass is 346 g/mol. The van der Waals surface area contributed by atoms with Crippen LogP contribution in [0.3, 0.4) is 0 Å². The van der Waals surface area contributed by atoms with Crippen molar-refractivity contribution < 1.29 is 13.2 Å². The first-order valence-electron chi connectivity index (χ1n) is 5.81. The molecule has 0 atom stereocenters. The molecule has 2 rings (SSSR count). The molecular formula is C13H15ClN2O3S2. The van der Waals surface area contributed by atoms with Crippen molar-refractivity contribution in [2.45, 2.75) is 10.8 Å². The highest BCUT2D eigenvalue weighted by atomic mass is 35.5. The van der Waals surface area contributed by atoms with Crippen molar-refractivity contribution in [1.82, 2.24) is 5.32 Å². The van der Waals surface area contributed by atoms with E-state index in [2.05, 4.69) is 5.32 Å². The first kappa shape index (κ1) is 17.8. The van der Waals surface area contributed by atoms with E-state index in [1.807, 2.05) is 19.2 Å². The number of nitrogens with two attached hydrogens (primary N) is 1. The molecule has 0 fully saturated rings. The number of carbonyl (C=O) groups excluding carboxylic acids is 1. The van der Waals surface area contributed by atoms with Crippen LogP contribution in [-0.4, -0.2) is 21.2 Å². The van der Waals surface area contributed by atoms with Gasteiger partial charge in [0.05, 0.1) is 0 Å². The molecule has 0 unspecified atom stereocenters. The van der Waals surface area contributed by atoms with E-state index in [1.54, 1.807) is 12.1 Å². The fraction of sp³-hybridized carbons (Fsp3) is 0.154. The molecule has 1 aromatic carbocycles. The maximum atomic E-state index is 12.2. The Bertz CT molecular complexity index is 724. The zero-order valence-corrected chi connectivity index (χ0v) is 13.6. The highest BCUT2D eigenvalue weighted by molar-refractivity contribution is 7.91. The van der Waals surface area contributed by atoms with Crippen molar-refractivity contribution in [2.75, 3.05) is 7.05 Å². The van der Waals surface area contributed by atoms with Gasteiger partial charge >= 0.3 is 0 Å². The van der Waals surface area contributed by atoms with E-state index in [0.29, 0.717) is 11.1 Å². The number of hydrogen-bond donors (Lipinski definition) is 2. The van der Waals surface area contributed by atoms with Gasteiger partial charge in [-0.2, -0.15) is 0 Å². The number of rotatable bonds is 5. The van der Waals surface area contributed by atoms with Crippen LogP contribution in [0, 0.1) is 0 Å². The van der Waals surface area contributed by atoms with E-state index >= 15 is 0 Å². The number of ketones is 1. The number of primary sulfonamides is 1. The molecule has 2 aromatic rings. The van der Waals surface area contributed by atoms with Gasteiger partial charge in [0.15, 0.2) is 5.78 Å². The molecule has 0 bridgehead atoms. The normalized spacial score (nSPS) is 11.0. The molecule has 1 heterocycles. The van der Waals surface area contributed by atoms with Crippen LogP contribution in [0.4, 0.5) is 0 Å². The van der Waals surface area contributed by atoms with Crippen LogP contribution >= 0.6 is 23.7 Å². The molecule has 5 nitrogen and oxygen atoms in total. The molecule has 3 N–H and O–H groups in total. The second-order valence-electron chi connectivity index (χ2n) is 4.26. The molecule has 0 aliphatic carbocycles. The van der Waals surface area contributed by atoms with Gasteiger partial charge in [-0.3, -0.25) is 4.79 Å². The predicted octanol–water partition coefficient (Wildman–Crippen LogP) is 1.77. The molecule has 8 heteroatoms. The van der Waals surface area contributed by atoms with Gasteiger partial charge < -0.3 is 5.32 Å². The van der Waals surface area contributed by atoms with Crippen molar-refractivity contribution in [3.63, 3.8) is 0 Å². The summed E-state index contributed by atoms with van der Waals surface area (Å²) in [6.45, 7) is 0.725. The Morgan fingerprint density at radius 1 is 1.24 bits per heavy atom. The predicted molar refractivity (Wildman–Crippen MR) is 85.6 cm³/mol. The number of halogens is 1. The first-order valence-corrected chi connectivity index (χ1v) is 8.24. The molecule has 0 spiro atoms. The lowest BCUT2D eigenvalue weighted by Crippen LogP contribution is -2.10. The zero-order chi connectivity index (χ0) is 14.8. The molecule has 114 valence electrons. The Kier molecular flexibility index (Phi) is 6.06. The lowest BCUT2D eigenvalue weighted by atomic mass is 10.0. The van der Waals surface area contributed by atoms with Crippen LogP contribution < -0.4 is 10.5 Å². The first-order chi connectivity index (χ1) is 9.41. The fourth-order valence-corrected chi connectivity index (χ4v) is 3.31. The van der Waals surface area contributed by atoms with E-state index in [0.717, 1.165) is 23.4 Å². The lowest BCUT2D eigenvalue weighted by Gasteiger charge is -2.02. The van der Waals surface area contributed by atoms with Crippen molar-refractivity contribution >= 4 is 39.6 Å². The summed E-state index contributed by atoms with van der Waals surface area (Å²) < 4.78 is 22.4. The van der Waals surface area contributed by atoms with Crippen molar-refractivity contribution in [3.8, 4) is 0 Å². The minimum Gasteiger partial charge on any atom is -0.316 e. The second kappa shape index (κ2) is 7.15. The highest BCUT2D eigenvalue weighted by Crippen LogP contribution is 2.21. The number of sulfonamides is 1. The van der Waals surface area contributed by atoms with Gasteiger partial charge in [-0.1, -0.05) is 24.3 Å². The molecule has 0 amide bonds. The summed E-state index contributed by atoms with van der Waals surface area (Å²) in [7, 11) is -1.91. The maximum Gasteiger partial charge on any atom is 0.247 e. The van der Waals surface area contributed by atoms with E-state index < -0.39 is 10.0 Å². The summed E-state index contributed by atoms with van der Waals surface area (Å²) in [5.41, 5.74) is 1.92. The maximum absolute atomic E-state index is 12.2. The Labute approximate surface area is 133 Å². The Morgan fingerprint density at radius 2 is 1.86 bits per heavy atom. The van der Waals surface area contributed by atoms with Crippen molar-refractivity contribution in [3.05, 3.63) is 52.4 Å². The molecule has 0 aliphatic rings. The van der Waals surface area contributed by atoms with Gasteiger partial charge in [0, 0.05) is 23.1 Å². The van der Waals surface area contributed by atoms with Crippen LogP contribution in [0.2, 0.25) is 0 Å². The number of benzene rings is 1. The summed E-state index contributed by atoms with van der Waals surface area (Å²) >= 11 is 0.947. The third-order valence-electron chi connectivity index (χ3n) is 2.72. The average Bonchev–Trinajstić information content (AvgIpc) is 2.89. The van der Waals surface area contributed by atoms with E-state index in [9.17, 15) is 13.2 Å². The summed E-state index contributed by atoms with van der Waals surface area (Å²) in [6, 6.07) is 8.48. The van der Waals surface area contributed by atoms with Crippen LogP contribution in [0.1, 0.15) is 21.5 Å². The number of nitrogens with one attached hydrogen (secondary N) is 1. The van der Waals surface area contributed by atoms with E-state index in [4.69, 9.17) is 5.14 Å².